The van der Waals surface area contributed by atoms with Crippen molar-refractivity contribution in [2.24, 2.45) is 7.05 Å². The van der Waals surface area contributed by atoms with Crippen LogP contribution in [0.3, 0.4) is 0 Å². The van der Waals surface area contributed by atoms with E-state index in [0.29, 0.717) is 91.5 Å². The smallest absolute Gasteiger partial charge is 0.280 e. The van der Waals surface area contributed by atoms with Crippen molar-refractivity contribution in [1.82, 2.24) is 34.8 Å². The molecule has 0 aliphatic carbocycles. The van der Waals surface area contributed by atoms with Crippen molar-refractivity contribution < 1.29 is 42.2 Å². The molecule has 2 aromatic heterocycles. The maximum absolute atomic E-state index is 15.7. The molecule has 2 N–H and O–H groups in total. The summed E-state index contributed by atoms with van der Waals surface area (Å²) >= 11 is 1.09. The number of imide groups is 2. The number of fused-ring (bicyclic) bond motifs is 2. The van der Waals surface area contributed by atoms with Crippen LogP contribution in [-0.4, -0.2) is 152 Å². The average molecular weight is 903 g/mol. The number of piperidine rings is 2. The SMILES string of the molecule is COc1cc(-c2cn(C)c(=O)c3cc(C(=O)NC4CCN(CCCN5CCN(c6ccc7c(c6)C(=O)N(C6CCC(=O)NC6=O)C7=O)CC5)CC4(F)F)sc23)cc(OC)c1CN(C)C. The molecule has 64 heavy (non-hydrogen) atoms. The summed E-state index contributed by atoms with van der Waals surface area (Å²) in [6.07, 6.45) is 2.57. The number of pyridine rings is 1. The number of ether oxygens (including phenoxy) is 2. The van der Waals surface area contributed by atoms with Gasteiger partial charge >= 0.3 is 0 Å². The first-order valence-electron chi connectivity index (χ1n) is 21.3. The number of carbonyl (C=O) groups is 5. The predicted octanol–water partition coefficient (Wildman–Crippen LogP) is 3.40. The Morgan fingerprint density at radius 3 is 2.23 bits per heavy atom. The predicted molar refractivity (Wildman–Crippen MR) is 237 cm³/mol. The number of amides is 5. The number of piperazine rings is 1. The number of rotatable bonds is 13. The van der Waals surface area contributed by atoms with E-state index < -0.39 is 54.1 Å². The van der Waals surface area contributed by atoms with Gasteiger partial charge in [0.15, 0.2) is 0 Å². The molecule has 2 unspecified atom stereocenters. The van der Waals surface area contributed by atoms with Gasteiger partial charge in [0.2, 0.25) is 11.8 Å². The van der Waals surface area contributed by atoms with Crippen LogP contribution >= 0.6 is 11.3 Å². The quantitative estimate of drug-likeness (QED) is 0.188. The van der Waals surface area contributed by atoms with Crippen LogP contribution in [0, 0.1) is 0 Å². The highest BCUT2D eigenvalue weighted by Crippen LogP contribution is 2.40. The summed E-state index contributed by atoms with van der Waals surface area (Å²) in [7, 11) is 8.65. The zero-order chi connectivity index (χ0) is 45.6. The molecule has 19 heteroatoms. The Hall–Kier alpha value is -5.76. The molecule has 0 saturated carbocycles. The maximum atomic E-state index is 15.7. The number of likely N-dealkylation sites (tertiary alicyclic amines) is 1. The summed E-state index contributed by atoms with van der Waals surface area (Å²) in [5.74, 6) is -4.81. The molecule has 5 amide bonds. The van der Waals surface area contributed by atoms with Crippen molar-refractivity contribution in [3.63, 3.8) is 0 Å². The van der Waals surface area contributed by atoms with Crippen LogP contribution in [0.1, 0.15) is 61.6 Å². The van der Waals surface area contributed by atoms with Gasteiger partial charge in [0.25, 0.3) is 29.2 Å². The van der Waals surface area contributed by atoms with E-state index in [-0.39, 0.29) is 40.8 Å². The molecule has 0 radical (unpaired) electrons. The summed E-state index contributed by atoms with van der Waals surface area (Å²) in [4.78, 5) is 86.6. The fourth-order valence-corrected chi connectivity index (χ4v) is 10.3. The summed E-state index contributed by atoms with van der Waals surface area (Å²) in [6.45, 7) is 4.39. The average Bonchev–Trinajstić information content (AvgIpc) is 3.82. The number of benzene rings is 2. The van der Waals surface area contributed by atoms with E-state index in [4.69, 9.17) is 9.47 Å². The second-order valence-electron chi connectivity index (χ2n) is 17.1. The topological polar surface area (TPSA) is 166 Å². The number of alkyl halides is 2. The monoisotopic (exact) mass is 902 g/mol. The van der Waals surface area contributed by atoms with Gasteiger partial charge in [0, 0.05) is 74.9 Å². The molecule has 4 aliphatic heterocycles. The van der Waals surface area contributed by atoms with Crippen molar-refractivity contribution in [3.8, 4) is 22.6 Å². The maximum Gasteiger partial charge on any atom is 0.280 e. The molecule has 3 fully saturated rings. The van der Waals surface area contributed by atoms with E-state index in [9.17, 15) is 28.8 Å². The minimum atomic E-state index is -3.18. The zero-order valence-corrected chi connectivity index (χ0v) is 37.3. The second kappa shape index (κ2) is 18.0. The number of aryl methyl sites for hydroxylation is 1. The number of halogens is 2. The van der Waals surface area contributed by atoms with Crippen molar-refractivity contribution >= 4 is 56.6 Å². The molecule has 4 aromatic rings. The van der Waals surface area contributed by atoms with E-state index >= 15 is 8.78 Å². The van der Waals surface area contributed by atoms with E-state index in [1.165, 1.54) is 10.6 Å². The molecular weight excluding hydrogens is 851 g/mol. The molecular formula is C45H52F2N8O8S. The van der Waals surface area contributed by atoms with Gasteiger partial charge in [-0.2, -0.15) is 0 Å². The Kier molecular flexibility index (Phi) is 12.6. The molecule has 8 rings (SSSR count). The molecule has 0 spiro atoms. The van der Waals surface area contributed by atoms with Crippen molar-refractivity contribution in [1.29, 1.82) is 0 Å². The number of aromatic nitrogens is 1. The number of carbonyl (C=O) groups excluding carboxylic acids is 5. The third-order valence-electron chi connectivity index (χ3n) is 12.6. The Balaban J connectivity index is 0.840. The standard InChI is InChI=1S/C45H52F2N8O8S/c1-50(2)23-32-34(62-4)19-26(20-35(32)63-5)31-24-51(3)42(59)30-22-36(64-39(30)31)41(58)48-37-11-14-53(25-45(37,46)47)13-6-12-52-15-17-54(18-16-52)27-7-8-28-29(21-27)44(61)55(43(28)60)33-9-10-38(56)49-40(33)57/h7-8,19-22,24,33,37H,6,9-18,23,25H2,1-5H3,(H,48,58)(H,49,56,57). The van der Waals surface area contributed by atoms with Crippen molar-refractivity contribution in [3.05, 3.63) is 74.5 Å². The van der Waals surface area contributed by atoms with Gasteiger partial charge in [-0.1, -0.05) is 0 Å². The fourth-order valence-electron chi connectivity index (χ4n) is 9.19. The molecule has 340 valence electrons. The molecule has 2 atom stereocenters. The lowest BCUT2D eigenvalue weighted by Crippen LogP contribution is -2.58. The van der Waals surface area contributed by atoms with Gasteiger partial charge in [0.05, 0.1) is 53.8 Å². The molecule has 3 saturated heterocycles. The van der Waals surface area contributed by atoms with E-state index in [1.54, 1.807) is 50.6 Å². The largest absolute Gasteiger partial charge is 0.496 e. The third kappa shape index (κ3) is 8.73. The molecule has 4 aliphatic rings. The third-order valence-corrected chi connectivity index (χ3v) is 13.7. The Labute approximate surface area is 372 Å². The van der Waals surface area contributed by atoms with E-state index in [0.717, 1.165) is 27.5 Å². The van der Waals surface area contributed by atoms with Crippen LogP contribution < -0.4 is 30.6 Å². The fraction of sp³-hybridized carbons (Fsp3) is 0.467. The second-order valence-corrected chi connectivity index (χ2v) is 18.2. The summed E-state index contributed by atoms with van der Waals surface area (Å²) in [5, 5.41) is 5.11. The number of anilines is 1. The van der Waals surface area contributed by atoms with Crippen LogP contribution in [0.15, 0.2) is 47.4 Å². The van der Waals surface area contributed by atoms with Gasteiger partial charge in [-0.15, -0.1) is 11.3 Å². The van der Waals surface area contributed by atoms with Crippen LogP contribution in [-0.2, 0) is 23.2 Å². The highest BCUT2D eigenvalue weighted by molar-refractivity contribution is 7.21. The molecule has 2 aromatic carbocycles. The summed E-state index contributed by atoms with van der Waals surface area (Å²) < 4.78 is 44.8. The number of hydrogen-bond donors (Lipinski definition) is 2. The lowest BCUT2D eigenvalue weighted by Gasteiger charge is -2.39. The number of thiophene rings is 1. The van der Waals surface area contributed by atoms with Crippen LogP contribution in [0.5, 0.6) is 11.5 Å². The van der Waals surface area contributed by atoms with Gasteiger partial charge in [0.1, 0.15) is 17.5 Å². The number of methoxy groups -OCH3 is 2. The first-order chi connectivity index (χ1) is 30.6. The lowest BCUT2D eigenvalue weighted by atomic mass is 10.00. The first-order valence-corrected chi connectivity index (χ1v) is 22.2. The van der Waals surface area contributed by atoms with Crippen LogP contribution in [0.4, 0.5) is 14.5 Å². The number of hydrogen-bond acceptors (Lipinski definition) is 13. The van der Waals surface area contributed by atoms with Gasteiger partial charge in [-0.25, -0.2) is 8.78 Å². The minimum absolute atomic E-state index is 0.0504. The summed E-state index contributed by atoms with van der Waals surface area (Å²) in [6, 6.07) is 7.91. The molecule has 16 nitrogen and oxygen atoms in total. The van der Waals surface area contributed by atoms with Gasteiger partial charge < -0.3 is 29.2 Å². The van der Waals surface area contributed by atoms with Crippen molar-refractivity contribution in [2.75, 3.05) is 85.6 Å². The Morgan fingerprint density at radius 1 is 0.891 bits per heavy atom. The van der Waals surface area contributed by atoms with Gasteiger partial charge in [-0.3, -0.25) is 48.8 Å². The van der Waals surface area contributed by atoms with Crippen LogP contribution in [0.2, 0.25) is 0 Å². The number of nitrogens with zero attached hydrogens (tertiary/aromatic N) is 6. The van der Waals surface area contributed by atoms with Gasteiger partial charge in [-0.05, 0) is 88.4 Å². The Morgan fingerprint density at radius 2 is 1.58 bits per heavy atom. The van der Waals surface area contributed by atoms with E-state index in [1.807, 2.05) is 31.1 Å². The first kappa shape index (κ1) is 44.8. The zero-order valence-electron chi connectivity index (χ0n) is 36.5. The lowest BCUT2D eigenvalue weighted by molar-refractivity contribution is -0.136. The number of nitrogens with one attached hydrogen (secondary N) is 2. The Bertz CT molecular complexity index is 2560. The van der Waals surface area contributed by atoms with Crippen molar-refractivity contribution in [2.45, 2.75) is 50.2 Å². The summed E-state index contributed by atoms with van der Waals surface area (Å²) in [5.41, 5.74) is 3.18. The van der Waals surface area contributed by atoms with Crippen LogP contribution in [0.25, 0.3) is 21.2 Å². The molecule has 6 heterocycles. The highest BCUT2D eigenvalue weighted by Gasteiger charge is 2.46. The normalized spacial score (nSPS) is 20.6. The van der Waals surface area contributed by atoms with E-state index in [2.05, 4.69) is 20.4 Å². The highest BCUT2D eigenvalue weighted by atomic mass is 32.1. The minimum Gasteiger partial charge on any atom is -0.496 e. The molecule has 0 bridgehead atoms.